The molecule has 3 aromatic rings. The summed E-state index contributed by atoms with van der Waals surface area (Å²) in [7, 11) is 0. The van der Waals surface area contributed by atoms with Crippen LogP contribution in [0.15, 0.2) is 77.3 Å². The van der Waals surface area contributed by atoms with Crippen LogP contribution in [-0.4, -0.2) is 29.6 Å². The molecule has 0 radical (unpaired) electrons. The number of carbonyl (C=O) groups excluding carboxylic acids is 2. The van der Waals surface area contributed by atoms with Gasteiger partial charge in [0.1, 0.15) is 5.75 Å². The van der Waals surface area contributed by atoms with Crippen molar-refractivity contribution in [2.45, 2.75) is 26.4 Å². The molecule has 0 aromatic heterocycles. The molecule has 2 amide bonds. The first-order valence-electron chi connectivity index (χ1n) is 10.8. The second-order valence-electron chi connectivity index (χ2n) is 7.76. The summed E-state index contributed by atoms with van der Waals surface area (Å²) in [5.74, 6) is 0.0522. The lowest BCUT2D eigenvalue weighted by Gasteiger charge is -2.15. The molecule has 3 N–H and O–H groups in total. The fourth-order valence-electron chi connectivity index (χ4n) is 3.17. The van der Waals surface area contributed by atoms with Crippen LogP contribution < -0.4 is 20.7 Å². The van der Waals surface area contributed by atoms with E-state index in [0.29, 0.717) is 33.6 Å². The van der Waals surface area contributed by atoms with E-state index >= 15 is 0 Å². The number of anilines is 1. The number of carbonyl (C=O) groups is 2. The second kappa shape index (κ2) is 12.3. The Balaban J connectivity index is 1.59. The summed E-state index contributed by atoms with van der Waals surface area (Å²) in [6.07, 6.45) is 0.746. The Morgan fingerprint density at radius 3 is 2.38 bits per heavy atom. The quantitative estimate of drug-likeness (QED) is 0.337. The number of hydrogen-bond donors (Lipinski definition) is 3. The van der Waals surface area contributed by atoms with Gasteiger partial charge in [-0.2, -0.15) is 0 Å². The maximum Gasteiger partial charge on any atom is 0.257 e. The molecule has 0 saturated carbocycles. The van der Waals surface area contributed by atoms with Crippen LogP contribution in [0, 0.1) is 0 Å². The average molecular weight is 540 g/mol. The number of halogens is 1. The van der Waals surface area contributed by atoms with Crippen molar-refractivity contribution in [3.05, 3.63) is 94.0 Å². The molecule has 0 unspecified atom stereocenters. The molecular formula is C26H26BrN3O3S. The summed E-state index contributed by atoms with van der Waals surface area (Å²) in [4.78, 5) is 25.4. The molecule has 176 valence electrons. The summed E-state index contributed by atoms with van der Waals surface area (Å²) in [5, 5.41) is 8.62. The van der Waals surface area contributed by atoms with Gasteiger partial charge in [-0.1, -0.05) is 42.5 Å². The van der Waals surface area contributed by atoms with Gasteiger partial charge in [-0.3, -0.25) is 14.9 Å². The van der Waals surface area contributed by atoms with E-state index in [0.717, 1.165) is 12.0 Å². The van der Waals surface area contributed by atoms with Crippen LogP contribution >= 0.6 is 28.1 Å². The predicted molar refractivity (Wildman–Crippen MR) is 143 cm³/mol. The summed E-state index contributed by atoms with van der Waals surface area (Å²) in [5.41, 5.74) is 2.50. The van der Waals surface area contributed by atoms with Gasteiger partial charge in [0.25, 0.3) is 11.8 Å². The van der Waals surface area contributed by atoms with Crippen molar-refractivity contribution in [1.29, 1.82) is 0 Å². The fourth-order valence-corrected chi connectivity index (χ4v) is 3.85. The minimum Gasteiger partial charge on any atom is -0.490 e. The summed E-state index contributed by atoms with van der Waals surface area (Å²) in [6.45, 7) is 4.36. The topological polar surface area (TPSA) is 79.5 Å². The van der Waals surface area contributed by atoms with Crippen molar-refractivity contribution in [2.24, 2.45) is 0 Å². The number of benzene rings is 3. The second-order valence-corrected chi connectivity index (χ2v) is 9.02. The van der Waals surface area contributed by atoms with Crippen LogP contribution in [0.25, 0.3) is 0 Å². The van der Waals surface area contributed by atoms with Crippen LogP contribution in [0.2, 0.25) is 0 Å². The lowest BCUT2D eigenvalue weighted by Crippen LogP contribution is -2.35. The Hall–Kier alpha value is -3.23. The van der Waals surface area contributed by atoms with E-state index in [1.807, 2.05) is 44.2 Å². The van der Waals surface area contributed by atoms with Crippen molar-refractivity contribution in [1.82, 2.24) is 10.6 Å². The highest BCUT2D eigenvalue weighted by molar-refractivity contribution is 9.10. The van der Waals surface area contributed by atoms with Gasteiger partial charge < -0.3 is 15.4 Å². The van der Waals surface area contributed by atoms with E-state index in [2.05, 4.69) is 31.9 Å². The molecule has 0 aliphatic carbocycles. The molecule has 8 heteroatoms. The summed E-state index contributed by atoms with van der Waals surface area (Å²) in [6, 6.07) is 22.0. The fraction of sp³-hybridized carbons (Fsp3) is 0.192. The molecule has 0 bridgehead atoms. The van der Waals surface area contributed by atoms with Crippen molar-refractivity contribution < 1.29 is 14.3 Å². The highest BCUT2D eigenvalue weighted by Gasteiger charge is 2.15. The van der Waals surface area contributed by atoms with E-state index < -0.39 is 0 Å². The first-order chi connectivity index (χ1) is 16.3. The van der Waals surface area contributed by atoms with Gasteiger partial charge in [0.15, 0.2) is 5.11 Å². The highest BCUT2D eigenvalue weighted by atomic mass is 79.9. The SMILES string of the molecule is CC(C)Oc1ccc(C(=O)NC(=S)Nc2ccccc2C(=O)NCCc2ccccc2)cc1Br. The molecule has 0 atom stereocenters. The number of hydrogen-bond acceptors (Lipinski definition) is 4. The first-order valence-corrected chi connectivity index (χ1v) is 12.0. The summed E-state index contributed by atoms with van der Waals surface area (Å²) < 4.78 is 6.35. The number of thiocarbonyl (C=S) groups is 1. The van der Waals surface area contributed by atoms with Gasteiger partial charge in [-0.15, -0.1) is 0 Å². The highest BCUT2D eigenvalue weighted by Crippen LogP contribution is 2.27. The zero-order chi connectivity index (χ0) is 24.5. The number of rotatable bonds is 8. The smallest absolute Gasteiger partial charge is 0.257 e. The monoisotopic (exact) mass is 539 g/mol. The lowest BCUT2D eigenvalue weighted by molar-refractivity contribution is 0.0952. The molecule has 34 heavy (non-hydrogen) atoms. The summed E-state index contributed by atoms with van der Waals surface area (Å²) >= 11 is 8.74. The van der Waals surface area contributed by atoms with Crippen molar-refractivity contribution in [3.63, 3.8) is 0 Å². The van der Waals surface area contributed by atoms with Gasteiger partial charge >= 0.3 is 0 Å². The van der Waals surface area contributed by atoms with Gasteiger partial charge in [0, 0.05) is 12.1 Å². The largest absolute Gasteiger partial charge is 0.490 e. The maximum atomic E-state index is 12.7. The lowest BCUT2D eigenvalue weighted by atomic mass is 10.1. The molecule has 6 nitrogen and oxygen atoms in total. The van der Waals surface area contributed by atoms with Gasteiger partial charge in [-0.25, -0.2) is 0 Å². The Kier molecular flexibility index (Phi) is 9.18. The average Bonchev–Trinajstić information content (AvgIpc) is 2.81. The molecule has 3 aromatic carbocycles. The Morgan fingerprint density at radius 2 is 1.68 bits per heavy atom. The number of nitrogens with one attached hydrogen (secondary N) is 3. The predicted octanol–water partition coefficient (Wildman–Crippen LogP) is 5.34. The number of amides is 2. The molecule has 0 spiro atoms. The zero-order valence-electron chi connectivity index (χ0n) is 18.9. The Labute approximate surface area is 213 Å². The van der Waals surface area contributed by atoms with Crippen LogP contribution in [0.4, 0.5) is 5.69 Å². The van der Waals surface area contributed by atoms with E-state index in [-0.39, 0.29) is 23.0 Å². The minimum atomic E-state index is -0.376. The van der Waals surface area contributed by atoms with Crippen LogP contribution in [0.1, 0.15) is 40.1 Å². The molecule has 3 rings (SSSR count). The Bertz CT molecular complexity index is 1170. The molecule has 0 fully saturated rings. The van der Waals surface area contributed by atoms with E-state index in [4.69, 9.17) is 17.0 Å². The van der Waals surface area contributed by atoms with Crippen LogP contribution in [0.5, 0.6) is 5.75 Å². The van der Waals surface area contributed by atoms with Crippen molar-refractivity contribution in [3.8, 4) is 5.75 Å². The molecule has 0 aliphatic rings. The van der Waals surface area contributed by atoms with E-state index in [1.54, 1.807) is 42.5 Å². The molecular weight excluding hydrogens is 514 g/mol. The number of para-hydroxylation sites is 1. The Morgan fingerprint density at radius 1 is 0.971 bits per heavy atom. The van der Waals surface area contributed by atoms with Crippen LogP contribution in [0.3, 0.4) is 0 Å². The van der Waals surface area contributed by atoms with Crippen molar-refractivity contribution >= 4 is 50.8 Å². The third-order valence-electron chi connectivity index (χ3n) is 4.75. The molecule has 0 saturated heterocycles. The zero-order valence-corrected chi connectivity index (χ0v) is 21.3. The molecule has 0 aliphatic heterocycles. The molecule has 0 heterocycles. The standard InChI is InChI=1S/C26H26BrN3O3S/c1-17(2)33-23-13-12-19(16-21(23)27)24(31)30-26(34)29-22-11-7-6-10-20(22)25(32)28-15-14-18-8-4-3-5-9-18/h3-13,16-17H,14-15H2,1-2H3,(H,28,32)(H2,29,30,31,34). The minimum absolute atomic E-state index is 0.0170. The third kappa shape index (κ3) is 7.40. The van der Waals surface area contributed by atoms with Crippen molar-refractivity contribution in [2.75, 3.05) is 11.9 Å². The third-order valence-corrected chi connectivity index (χ3v) is 5.57. The van der Waals surface area contributed by atoms with Gasteiger partial charge in [0.05, 0.1) is 21.8 Å². The van der Waals surface area contributed by atoms with Gasteiger partial charge in [0.2, 0.25) is 0 Å². The van der Waals surface area contributed by atoms with Crippen LogP contribution in [-0.2, 0) is 6.42 Å². The first kappa shape index (κ1) is 25.4. The normalized spacial score (nSPS) is 10.5. The maximum absolute atomic E-state index is 12.7. The number of ether oxygens (including phenoxy) is 1. The van der Waals surface area contributed by atoms with E-state index in [9.17, 15) is 9.59 Å². The van der Waals surface area contributed by atoms with E-state index in [1.165, 1.54) is 0 Å². The van der Waals surface area contributed by atoms with Gasteiger partial charge in [-0.05, 0) is 84.3 Å².